The molecular formula is C22H24NO+. The molecule has 0 atom stereocenters. The number of nitrogens with zero attached hydrogens (tertiary/aromatic N) is 1. The summed E-state index contributed by atoms with van der Waals surface area (Å²) in [6.07, 6.45) is 3.18. The van der Waals surface area contributed by atoms with Gasteiger partial charge in [-0.25, -0.2) is 4.57 Å². The van der Waals surface area contributed by atoms with E-state index in [1.165, 1.54) is 22.3 Å². The van der Waals surface area contributed by atoms with Crippen LogP contribution in [0.15, 0.2) is 60.8 Å². The molecule has 122 valence electrons. The largest absolute Gasteiger partial charge is 0.496 e. The van der Waals surface area contributed by atoms with Crippen LogP contribution < -0.4 is 9.30 Å². The smallest absolute Gasteiger partial charge is 0.216 e. The molecule has 0 fully saturated rings. The second kappa shape index (κ2) is 6.88. The van der Waals surface area contributed by atoms with E-state index in [-0.39, 0.29) is 0 Å². The molecule has 3 aromatic rings. The Hall–Kier alpha value is -2.61. The van der Waals surface area contributed by atoms with Crippen LogP contribution in [0.2, 0.25) is 0 Å². The predicted octanol–water partition coefficient (Wildman–Crippen LogP) is 4.72. The molecule has 2 nitrogen and oxygen atoms in total. The lowest BCUT2D eigenvalue weighted by Gasteiger charge is -2.10. The highest BCUT2D eigenvalue weighted by atomic mass is 16.5. The van der Waals surface area contributed by atoms with Crippen molar-refractivity contribution in [1.82, 2.24) is 0 Å². The Kier molecular flexibility index (Phi) is 4.66. The monoisotopic (exact) mass is 318 g/mol. The van der Waals surface area contributed by atoms with E-state index in [9.17, 15) is 0 Å². The maximum atomic E-state index is 5.54. The first-order valence-electron chi connectivity index (χ1n) is 8.37. The molecule has 0 unspecified atom stereocenters. The number of ether oxygens (including phenoxy) is 1. The van der Waals surface area contributed by atoms with E-state index in [0.717, 1.165) is 23.4 Å². The highest BCUT2D eigenvalue weighted by Crippen LogP contribution is 2.30. The van der Waals surface area contributed by atoms with Gasteiger partial charge in [0.2, 0.25) is 5.69 Å². The number of hydrogen-bond acceptors (Lipinski definition) is 1. The molecule has 0 spiro atoms. The van der Waals surface area contributed by atoms with Crippen molar-refractivity contribution in [2.75, 3.05) is 7.11 Å². The Labute approximate surface area is 144 Å². The summed E-state index contributed by atoms with van der Waals surface area (Å²) in [6, 6.07) is 19.3. The van der Waals surface area contributed by atoms with E-state index in [0.29, 0.717) is 0 Å². The maximum absolute atomic E-state index is 5.54. The minimum absolute atomic E-state index is 0.891. The summed E-state index contributed by atoms with van der Waals surface area (Å²) < 4.78 is 7.67. The van der Waals surface area contributed by atoms with E-state index >= 15 is 0 Å². The highest BCUT2D eigenvalue weighted by molar-refractivity contribution is 5.72. The normalized spacial score (nSPS) is 10.7. The number of pyridine rings is 1. The van der Waals surface area contributed by atoms with Crippen molar-refractivity contribution in [3.8, 4) is 28.1 Å². The molecule has 1 heterocycles. The molecule has 2 aromatic carbocycles. The van der Waals surface area contributed by atoms with Crippen molar-refractivity contribution in [2.24, 2.45) is 7.05 Å². The molecule has 3 rings (SSSR count). The Bertz CT molecular complexity index is 868. The Morgan fingerprint density at radius 2 is 1.71 bits per heavy atom. The van der Waals surface area contributed by atoms with Crippen LogP contribution in [0.3, 0.4) is 0 Å². The fourth-order valence-electron chi connectivity index (χ4n) is 3.15. The zero-order valence-corrected chi connectivity index (χ0v) is 14.8. The van der Waals surface area contributed by atoms with Gasteiger partial charge < -0.3 is 4.74 Å². The van der Waals surface area contributed by atoms with Crippen LogP contribution in [-0.2, 0) is 13.5 Å². The van der Waals surface area contributed by atoms with Crippen LogP contribution in [0.5, 0.6) is 5.75 Å². The molecule has 0 radical (unpaired) electrons. The van der Waals surface area contributed by atoms with Crippen LogP contribution in [-0.4, -0.2) is 7.11 Å². The standard InChI is InChI=1S/C22H24NO/c1-5-17-10-11-18(14-16(17)2)19-12-13-23(3)21(15-19)20-8-6-7-9-22(20)24-4/h6-15H,5H2,1-4H3/q+1. The maximum Gasteiger partial charge on any atom is 0.216 e. The van der Waals surface area contributed by atoms with Gasteiger partial charge in [0, 0.05) is 12.1 Å². The van der Waals surface area contributed by atoms with Gasteiger partial charge in [0.05, 0.1) is 12.7 Å². The number of para-hydroxylation sites is 1. The molecule has 1 aromatic heterocycles. The molecule has 0 amide bonds. The first kappa shape index (κ1) is 16.3. The second-order valence-electron chi connectivity index (χ2n) is 6.11. The summed E-state index contributed by atoms with van der Waals surface area (Å²) >= 11 is 0. The topological polar surface area (TPSA) is 13.1 Å². The number of methoxy groups -OCH3 is 1. The lowest BCUT2D eigenvalue weighted by atomic mass is 9.98. The summed E-state index contributed by atoms with van der Waals surface area (Å²) in [5, 5.41) is 0. The Morgan fingerprint density at radius 3 is 2.42 bits per heavy atom. The van der Waals surface area contributed by atoms with Crippen LogP contribution in [0.25, 0.3) is 22.4 Å². The van der Waals surface area contributed by atoms with Gasteiger partial charge in [-0.2, -0.15) is 0 Å². The van der Waals surface area contributed by atoms with Gasteiger partial charge in [0.25, 0.3) is 0 Å². The molecule has 0 aliphatic rings. The third-order valence-corrected chi connectivity index (χ3v) is 4.59. The van der Waals surface area contributed by atoms with Crippen molar-refractivity contribution in [2.45, 2.75) is 20.3 Å². The quantitative estimate of drug-likeness (QED) is 0.634. The molecule has 2 heteroatoms. The molecule has 0 aliphatic heterocycles. The molecule has 24 heavy (non-hydrogen) atoms. The zero-order valence-electron chi connectivity index (χ0n) is 14.8. The zero-order chi connectivity index (χ0) is 17.1. The number of rotatable bonds is 4. The second-order valence-corrected chi connectivity index (χ2v) is 6.11. The van der Waals surface area contributed by atoms with E-state index in [2.05, 4.69) is 68.1 Å². The molecule has 0 N–H and O–H groups in total. The van der Waals surface area contributed by atoms with Crippen molar-refractivity contribution in [3.05, 3.63) is 71.9 Å². The summed E-state index contributed by atoms with van der Waals surface area (Å²) in [5.74, 6) is 0.891. The van der Waals surface area contributed by atoms with Crippen molar-refractivity contribution < 1.29 is 9.30 Å². The summed E-state index contributed by atoms with van der Waals surface area (Å²) in [6.45, 7) is 4.39. The lowest BCUT2D eigenvalue weighted by molar-refractivity contribution is -0.660. The first-order valence-corrected chi connectivity index (χ1v) is 8.37. The summed E-state index contributed by atoms with van der Waals surface area (Å²) in [4.78, 5) is 0. The SMILES string of the molecule is CCc1ccc(-c2cc[n+](C)c(-c3ccccc3OC)c2)cc1C. The summed E-state index contributed by atoms with van der Waals surface area (Å²) in [7, 11) is 3.78. The van der Waals surface area contributed by atoms with E-state index in [4.69, 9.17) is 4.74 Å². The molecule has 0 bridgehead atoms. The third-order valence-electron chi connectivity index (χ3n) is 4.59. The average molecular weight is 318 g/mol. The molecule has 0 aliphatic carbocycles. The van der Waals surface area contributed by atoms with Crippen molar-refractivity contribution >= 4 is 0 Å². The molecule has 0 saturated carbocycles. The molecular weight excluding hydrogens is 294 g/mol. The van der Waals surface area contributed by atoms with Crippen LogP contribution >= 0.6 is 0 Å². The van der Waals surface area contributed by atoms with E-state index in [1.807, 2.05) is 18.2 Å². The molecule has 0 saturated heterocycles. The van der Waals surface area contributed by atoms with Gasteiger partial charge in [0.1, 0.15) is 12.8 Å². The van der Waals surface area contributed by atoms with Gasteiger partial charge in [-0.05, 0) is 47.7 Å². The predicted molar refractivity (Wildman–Crippen MR) is 99.2 cm³/mol. The number of aromatic nitrogens is 1. The van der Waals surface area contributed by atoms with Gasteiger partial charge in [-0.1, -0.05) is 37.3 Å². The average Bonchev–Trinajstić information content (AvgIpc) is 2.62. The van der Waals surface area contributed by atoms with Gasteiger partial charge in [-0.3, -0.25) is 0 Å². The van der Waals surface area contributed by atoms with Crippen LogP contribution in [0.1, 0.15) is 18.1 Å². The number of aryl methyl sites for hydroxylation is 3. The van der Waals surface area contributed by atoms with Crippen molar-refractivity contribution in [3.63, 3.8) is 0 Å². The van der Waals surface area contributed by atoms with Gasteiger partial charge in [0.15, 0.2) is 6.20 Å². The lowest BCUT2D eigenvalue weighted by Crippen LogP contribution is -2.30. The third kappa shape index (κ3) is 3.05. The van der Waals surface area contributed by atoms with Crippen LogP contribution in [0, 0.1) is 6.92 Å². The highest BCUT2D eigenvalue weighted by Gasteiger charge is 2.16. The van der Waals surface area contributed by atoms with Crippen LogP contribution in [0.4, 0.5) is 0 Å². The number of hydrogen-bond donors (Lipinski definition) is 0. The Balaban J connectivity index is 2.11. The van der Waals surface area contributed by atoms with Gasteiger partial charge in [-0.15, -0.1) is 0 Å². The number of benzene rings is 2. The fraction of sp³-hybridized carbons (Fsp3) is 0.227. The minimum atomic E-state index is 0.891. The van der Waals surface area contributed by atoms with E-state index in [1.54, 1.807) is 7.11 Å². The van der Waals surface area contributed by atoms with E-state index < -0.39 is 0 Å². The minimum Gasteiger partial charge on any atom is -0.496 e. The van der Waals surface area contributed by atoms with Crippen molar-refractivity contribution in [1.29, 1.82) is 0 Å². The fourth-order valence-corrected chi connectivity index (χ4v) is 3.15. The summed E-state index contributed by atoms with van der Waals surface area (Å²) in [5.41, 5.74) is 7.47. The van der Waals surface area contributed by atoms with Gasteiger partial charge >= 0.3 is 0 Å². The Morgan fingerprint density at radius 1 is 0.958 bits per heavy atom. The first-order chi connectivity index (χ1) is 11.6.